The highest BCUT2D eigenvalue weighted by Crippen LogP contribution is 2.15. The van der Waals surface area contributed by atoms with Crippen molar-refractivity contribution in [3.8, 4) is 0 Å². The average molecular weight is 383 g/mol. The smallest absolute Gasteiger partial charge is 0.253 e. The van der Waals surface area contributed by atoms with Gasteiger partial charge in [-0.1, -0.05) is 29.8 Å². The largest absolute Gasteiger partial charge is 0.347 e. The molecule has 1 aromatic carbocycles. The maximum atomic E-state index is 12.4. The van der Waals surface area contributed by atoms with Gasteiger partial charge in [0, 0.05) is 22.5 Å². The Morgan fingerprint density at radius 3 is 2.73 bits per heavy atom. The van der Waals surface area contributed by atoms with Crippen LogP contribution in [0.1, 0.15) is 26.6 Å². The summed E-state index contributed by atoms with van der Waals surface area (Å²) in [6.45, 7) is 0.522. The van der Waals surface area contributed by atoms with Crippen LogP contribution in [0.15, 0.2) is 60.1 Å². The van der Waals surface area contributed by atoms with Crippen molar-refractivity contribution in [1.82, 2.24) is 19.9 Å². The summed E-state index contributed by atoms with van der Waals surface area (Å²) < 4.78 is 1.86. The summed E-state index contributed by atoms with van der Waals surface area (Å²) in [5.41, 5.74) is 2.37. The average Bonchev–Trinajstić information content (AvgIpc) is 3.31. The minimum absolute atomic E-state index is 0.119. The Hall–Kier alpha value is -2.70. The minimum Gasteiger partial charge on any atom is -0.347 e. The molecule has 4 aromatic rings. The van der Waals surface area contributed by atoms with Crippen LogP contribution in [-0.4, -0.2) is 20.5 Å². The van der Waals surface area contributed by atoms with E-state index in [0.717, 1.165) is 16.3 Å². The maximum Gasteiger partial charge on any atom is 0.253 e. The molecule has 5 nitrogen and oxygen atoms in total. The fourth-order valence-electron chi connectivity index (χ4n) is 2.66. The highest BCUT2D eigenvalue weighted by Gasteiger charge is 2.11. The number of nitrogens with one attached hydrogen (secondary N) is 1. The Labute approximate surface area is 159 Å². The number of fused-ring (bicyclic) bond motifs is 1. The summed E-state index contributed by atoms with van der Waals surface area (Å²) in [6, 6.07) is 15.2. The van der Waals surface area contributed by atoms with E-state index in [0.29, 0.717) is 29.2 Å². The molecule has 4 rings (SSSR count). The number of aromatic nitrogens is 3. The van der Waals surface area contributed by atoms with Gasteiger partial charge >= 0.3 is 0 Å². The number of thiophene rings is 1. The van der Waals surface area contributed by atoms with Crippen molar-refractivity contribution in [2.75, 3.05) is 0 Å². The Bertz CT molecular complexity index is 1040. The zero-order valence-corrected chi connectivity index (χ0v) is 15.3. The molecule has 0 spiro atoms. The van der Waals surface area contributed by atoms with Crippen LogP contribution in [0, 0.1) is 0 Å². The normalized spacial score (nSPS) is 11.0. The van der Waals surface area contributed by atoms with Crippen molar-refractivity contribution >= 4 is 34.5 Å². The van der Waals surface area contributed by atoms with Crippen LogP contribution in [0.3, 0.4) is 0 Å². The molecule has 7 heteroatoms. The van der Waals surface area contributed by atoms with Gasteiger partial charge < -0.3 is 5.32 Å². The number of carbonyl (C=O) groups excluding carboxylic acids is 1. The first-order valence-electron chi connectivity index (χ1n) is 8.08. The van der Waals surface area contributed by atoms with Gasteiger partial charge in [-0.25, -0.2) is 0 Å². The summed E-state index contributed by atoms with van der Waals surface area (Å²) in [4.78, 5) is 13.6. The van der Waals surface area contributed by atoms with Gasteiger partial charge in [0.05, 0.1) is 12.1 Å². The first kappa shape index (κ1) is 16.8. The molecule has 130 valence electrons. The second-order valence-electron chi connectivity index (χ2n) is 5.83. The summed E-state index contributed by atoms with van der Waals surface area (Å²) in [5, 5.41) is 14.1. The van der Waals surface area contributed by atoms with Crippen LogP contribution in [0.2, 0.25) is 5.02 Å². The van der Waals surface area contributed by atoms with Gasteiger partial charge in [0.25, 0.3) is 5.91 Å². The highest BCUT2D eigenvalue weighted by atomic mass is 35.5. The van der Waals surface area contributed by atoms with Gasteiger partial charge in [-0.05, 0) is 41.3 Å². The van der Waals surface area contributed by atoms with Crippen molar-refractivity contribution in [2.24, 2.45) is 0 Å². The number of halogens is 1. The number of pyridine rings is 1. The molecule has 0 aliphatic heterocycles. The molecule has 3 heterocycles. The summed E-state index contributed by atoms with van der Waals surface area (Å²) >= 11 is 7.55. The molecule has 0 saturated heterocycles. The Morgan fingerprint density at radius 1 is 1.12 bits per heavy atom. The Balaban J connectivity index is 1.55. The van der Waals surface area contributed by atoms with Crippen LogP contribution >= 0.6 is 22.9 Å². The van der Waals surface area contributed by atoms with E-state index in [-0.39, 0.29) is 5.91 Å². The standard InChI is InChI=1S/C19H15ClN4OS/c20-15-6-3-13(4-7-15)10-18-23-22-17-8-5-14(12-24(17)18)19(25)21-11-16-2-1-9-26-16/h1-9,12H,10-11H2,(H,21,25). The third-order valence-corrected chi connectivity index (χ3v) is 5.14. The monoisotopic (exact) mass is 382 g/mol. The number of nitrogens with zero attached hydrogens (tertiary/aromatic N) is 3. The van der Waals surface area contributed by atoms with E-state index in [9.17, 15) is 4.79 Å². The predicted octanol–water partition coefficient (Wildman–Crippen LogP) is 3.97. The van der Waals surface area contributed by atoms with E-state index >= 15 is 0 Å². The van der Waals surface area contributed by atoms with E-state index in [4.69, 9.17) is 11.6 Å². The highest BCUT2D eigenvalue weighted by molar-refractivity contribution is 7.09. The third-order valence-electron chi connectivity index (χ3n) is 4.01. The molecule has 26 heavy (non-hydrogen) atoms. The van der Waals surface area contributed by atoms with Crippen LogP contribution in [-0.2, 0) is 13.0 Å². The van der Waals surface area contributed by atoms with Gasteiger partial charge in [-0.3, -0.25) is 9.20 Å². The molecule has 1 N–H and O–H groups in total. The number of benzene rings is 1. The van der Waals surface area contributed by atoms with Crippen molar-refractivity contribution in [3.63, 3.8) is 0 Å². The Kier molecular flexibility index (Phi) is 4.69. The molecule has 0 fully saturated rings. The molecular weight excluding hydrogens is 368 g/mol. The van der Waals surface area contributed by atoms with E-state index in [1.54, 1.807) is 29.7 Å². The van der Waals surface area contributed by atoms with Crippen LogP contribution in [0.4, 0.5) is 0 Å². The minimum atomic E-state index is -0.119. The van der Waals surface area contributed by atoms with Gasteiger partial charge in [0.15, 0.2) is 5.65 Å². The molecule has 0 unspecified atom stereocenters. The lowest BCUT2D eigenvalue weighted by Crippen LogP contribution is -2.22. The summed E-state index contributed by atoms with van der Waals surface area (Å²) in [6.07, 6.45) is 2.39. The SMILES string of the molecule is O=C(NCc1cccs1)c1ccc2nnc(Cc3ccc(Cl)cc3)n2c1. The number of amides is 1. The van der Waals surface area contributed by atoms with Crippen molar-refractivity contribution in [1.29, 1.82) is 0 Å². The number of rotatable bonds is 5. The molecule has 0 bridgehead atoms. The third kappa shape index (κ3) is 3.61. The van der Waals surface area contributed by atoms with Crippen molar-refractivity contribution in [2.45, 2.75) is 13.0 Å². The Morgan fingerprint density at radius 2 is 1.96 bits per heavy atom. The van der Waals surface area contributed by atoms with E-state index in [2.05, 4.69) is 15.5 Å². The van der Waals surface area contributed by atoms with Crippen molar-refractivity contribution < 1.29 is 4.79 Å². The lowest BCUT2D eigenvalue weighted by molar-refractivity contribution is 0.0951. The van der Waals surface area contributed by atoms with Gasteiger partial charge in [0.1, 0.15) is 5.82 Å². The lowest BCUT2D eigenvalue weighted by atomic mass is 10.1. The number of hydrogen-bond donors (Lipinski definition) is 1. The number of carbonyl (C=O) groups is 1. The predicted molar refractivity (Wildman–Crippen MR) is 103 cm³/mol. The van der Waals surface area contributed by atoms with Crippen LogP contribution in [0.25, 0.3) is 5.65 Å². The second-order valence-corrected chi connectivity index (χ2v) is 7.30. The van der Waals surface area contributed by atoms with Gasteiger partial charge in [0.2, 0.25) is 0 Å². The first-order chi connectivity index (χ1) is 12.7. The lowest BCUT2D eigenvalue weighted by Gasteiger charge is -2.06. The van der Waals surface area contributed by atoms with Gasteiger partial charge in [-0.2, -0.15) is 0 Å². The van der Waals surface area contributed by atoms with Crippen LogP contribution in [0.5, 0.6) is 0 Å². The molecule has 0 radical (unpaired) electrons. The first-order valence-corrected chi connectivity index (χ1v) is 9.33. The fraction of sp³-hybridized carbons (Fsp3) is 0.105. The quantitative estimate of drug-likeness (QED) is 0.568. The molecule has 0 aliphatic rings. The van der Waals surface area contributed by atoms with Gasteiger partial charge in [-0.15, -0.1) is 21.5 Å². The molecule has 0 saturated carbocycles. The molecule has 0 aliphatic carbocycles. The molecule has 3 aromatic heterocycles. The summed E-state index contributed by atoms with van der Waals surface area (Å²) in [5.74, 6) is 0.654. The van der Waals surface area contributed by atoms with Crippen molar-refractivity contribution in [3.05, 3.63) is 87.0 Å². The zero-order chi connectivity index (χ0) is 17.9. The summed E-state index contributed by atoms with van der Waals surface area (Å²) in [7, 11) is 0. The van der Waals surface area contributed by atoms with Crippen LogP contribution < -0.4 is 5.32 Å². The second kappa shape index (κ2) is 7.27. The number of hydrogen-bond acceptors (Lipinski definition) is 4. The topological polar surface area (TPSA) is 59.3 Å². The maximum absolute atomic E-state index is 12.4. The van der Waals surface area contributed by atoms with E-state index in [1.807, 2.05) is 46.2 Å². The molecule has 0 atom stereocenters. The zero-order valence-electron chi connectivity index (χ0n) is 13.7. The molecular formula is C19H15ClN4OS. The van der Waals surface area contributed by atoms with E-state index < -0.39 is 0 Å². The fourth-order valence-corrected chi connectivity index (χ4v) is 3.43. The van der Waals surface area contributed by atoms with E-state index in [1.165, 1.54) is 0 Å². The molecule has 1 amide bonds.